The van der Waals surface area contributed by atoms with Crippen molar-refractivity contribution in [3.63, 3.8) is 0 Å². The van der Waals surface area contributed by atoms with Crippen LogP contribution < -0.4 is 5.32 Å². The van der Waals surface area contributed by atoms with Crippen molar-refractivity contribution in [2.75, 3.05) is 19.8 Å². The average molecular weight is 201 g/mol. The van der Waals surface area contributed by atoms with Crippen molar-refractivity contribution >= 4 is 5.91 Å². The molecular formula is C11H23NO2. The number of nitrogens with one attached hydrogen (secondary N) is 1. The third-order valence-corrected chi connectivity index (χ3v) is 2.00. The van der Waals surface area contributed by atoms with Gasteiger partial charge in [0.2, 0.25) is 5.91 Å². The molecule has 0 atom stereocenters. The number of unbranched alkanes of at least 4 members (excludes halogenated alkanes) is 2. The monoisotopic (exact) mass is 201 g/mol. The molecule has 0 saturated carbocycles. The first-order valence-corrected chi connectivity index (χ1v) is 5.65. The first kappa shape index (κ1) is 13.4. The predicted octanol–water partition coefficient (Wildman–Crippen LogP) is 2.11. The summed E-state index contributed by atoms with van der Waals surface area (Å²) in [5, 5.41) is 2.82. The minimum Gasteiger partial charge on any atom is -0.381 e. The molecule has 1 amide bonds. The van der Waals surface area contributed by atoms with Crippen LogP contribution in [0.25, 0.3) is 0 Å². The molecule has 0 saturated heterocycles. The van der Waals surface area contributed by atoms with E-state index in [1.54, 1.807) is 0 Å². The maximum atomic E-state index is 10.8. The zero-order chi connectivity index (χ0) is 10.6. The Balaban J connectivity index is 2.95. The van der Waals surface area contributed by atoms with Crippen molar-refractivity contribution in [2.24, 2.45) is 0 Å². The van der Waals surface area contributed by atoms with E-state index in [1.165, 1.54) is 12.8 Å². The van der Waals surface area contributed by atoms with Gasteiger partial charge in [-0.05, 0) is 12.8 Å². The van der Waals surface area contributed by atoms with Gasteiger partial charge in [-0.3, -0.25) is 4.79 Å². The maximum Gasteiger partial charge on any atom is 0.219 e. The molecule has 1 N–H and O–H groups in total. The molecule has 0 bridgehead atoms. The van der Waals surface area contributed by atoms with Gasteiger partial charge in [-0.2, -0.15) is 0 Å². The number of hydrogen-bond donors (Lipinski definition) is 1. The Morgan fingerprint density at radius 2 is 1.86 bits per heavy atom. The SMILES string of the molecule is CCCCCOCCCNC(=O)CC. The molecule has 0 rings (SSSR count). The maximum absolute atomic E-state index is 10.8. The van der Waals surface area contributed by atoms with E-state index in [2.05, 4.69) is 12.2 Å². The summed E-state index contributed by atoms with van der Waals surface area (Å²) in [4.78, 5) is 10.8. The van der Waals surface area contributed by atoms with E-state index in [-0.39, 0.29) is 5.91 Å². The minimum atomic E-state index is 0.121. The summed E-state index contributed by atoms with van der Waals surface area (Å²) in [6.45, 7) is 6.39. The molecule has 0 heterocycles. The van der Waals surface area contributed by atoms with Crippen LogP contribution in [0, 0.1) is 0 Å². The Hall–Kier alpha value is -0.570. The summed E-state index contributed by atoms with van der Waals surface area (Å²) >= 11 is 0. The van der Waals surface area contributed by atoms with Gasteiger partial charge in [-0.1, -0.05) is 26.7 Å². The number of hydrogen-bond acceptors (Lipinski definition) is 2. The summed E-state index contributed by atoms with van der Waals surface area (Å²) in [6, 6.07) is 0. The van der Waals surface area contributed by atoms with Gasteiger partial charge in [0.25, 0.3) is 0 Å². The van der Waals surface area contributed by atoms with Gasteiger partial charge in [-0.15, -0.1) is 0 Å². The number of carbonyl (C=O) groups is 1. The van der Waals surface area contributed by atoms with Crippen LogP contribution in [0.15, 0.2) is 0 Å². The second kappa shape index (κ2) is 10.5. The largest absolute Gasteiger partial charge is 0.381 e. The van der Waals surface area contributed by atoms with Crippen LogP contribution in [-0.2, 0) is 9.53 Å². The molecule has 3 heteroatoms. The number of carbonyl (C=O) groups excluding carboxylic acids is 1. The Morgan fingerprint density at radius 3 is 2.50 bits per heavy atom. The van der Waals surface area contributed by atoms with Gasteiger partial charge in [-0.25, -0.2) is 0 Å². The standard InChI is InChI=1S/C11H23NO2/c1-3-5-6-9-14-10-7-8-12-11(13)4-2/h3-10H2,1-2H3,(H,12,13). The van der Waals surface area contributed by atoms with Gasteiger partial charge in [0.15, 0.2) is 0 Å². The number of ether oxygens (including phenoxy) is 1. The van der Waals surface area contributed by atoms with Crippen LogP contribution in [0.2, 0.25) is 0 Å². The zero-order valence-electron chi connectivity index (χ0n) is 9.47. The Kier molecular flexibility index (Phi) is 10.1. The first-order chi connectivity index (χ1) is 6.81. The third kappa shape index (κ3) is 9.52. The fourth-order valence-corrected chi connectivity index (χ4v) is 1.08. The second-order valence-electron chi connectivity index (χ2n) is 3.38. The molecule has 0 aliphatic rings. The highest BCUT2D eigenvalue weighted by molar-refractivity contribution is 5.75. The van der Waals surface area contributed by atoms with Crippen LogP contribution in [0.3, 0.4) is 0 Å². The van der Waals surface area contributed by atoms with Gasteiger partial charge >= 0.3 is 0 Å². The third-order valence-electron chi connectivity index (χ3n) is 2.00. The predicted molar refractivity (Wildman–Crippen MR) is 58.3 cm³/mol. The molecule has 0 radical (unpaired) electrons. The molecule has 84 valence electrons. The molecule has 0 aromatic carbocycles. The Bertz CT molecular complexity index is 137. The van der Waals surface area contributed by atoms with Crippen molar-refractivity contribution < 1.29 is 9.53 Å². The average Bonchev–Trinajstić information content (AvgIpc) is 2.21. The zero-order valence-corrected chi connectivity index (χ0v) is 9.47. The highest BCUT2D eigenvalue weighted by atomic mass is 16.5. The van der Waals surface area contributed by atoms with Crippen molar-refractivity contribution in [1.82, 2.24) is 5.32 Å². The highest BCUT2D eigenvalue weighted by Gasteiger charge is 1.94. The van der Waals surface area contributed by atoms with E-state index >= 15 is 0 Å². The van der Waals surface area contributed by atoms with E-state index in [1.807, 2.05) is 6.92 Å². The van der Waals surface area contributed by atoms with Crippen molar-refractivity contribution in [3.8, 4) is 0 Å². The lowest BCUT2D eigenvalue weighted by Gasteiger charge is -2.04. The van der Waals surface area contributed by atoms with E-state index in [0.717, 1.165) is 32.6 Å². The summed E-state index contributed by atoms with van der Waals surface area (Å²) in [5.41, 5.74) is 0. The van der Waals surface area contributed by atoms with Crippen LogP contribution in [0.4, 0.5) is 0 Å². The molecular weight excluding hydrogens is 178 g/mol. The fraction of sp³-hybridized carbons (Fsp3) is 0.909. The first-order valence-electron chi connectivity index (χ1n) is 5.65. The Morgan fingerprint density at radius 1 is 1.14 bits per heavy atom. The molecule has 3 nitrogen and oxygen atoms in total. The lowest BCUT2D eigenvalue weighted by Crippen LogP contribution is -2.24. The molecule has 0 unspecified atom stereocenters. The minimum absolute atomic E-state index is 0.121. The van der Waals surface area contributed by atoms with Gasteiger partial charge in [0.1, 0.15) is 0 Å². The smallest absolute Gasteiger partial charge is 0.219 e. The Labute approximate surface area is 87.2 Å². The molecule has 14 heavy (non-hydrogen) atoms. The molecule has 0 aromatic heterocycles. The van der Waals surface area contributed by atoms with Crippen LogP contribution >= 0.6 is 0 Å². The van der Waals surface area contributed by atoms with Crippen LogP contribution in [0.1, 0.15) is 46.0 Å². The van der Waals surface area contributed by atoms with Gasteiger partial charge in [0, 0.05) is 26.2 Å². The summed E-state index contributed by atoms with van der Waals surface area (Å²) in [7, 11) is 0. The summed E-state index contributed by atoms with van der Waals surface area (Å²) in [6.07, 6.45) is 5.11. The van der Waals surface area contributed by atoms with E-state index < -0.39 is 0 Å². The molecule has 0 fully saturated rings. The lowest BCUT2D eigenvalue weighted by atomic mass is 10.3. The topological polar surface area (TPSA) is 38.3 Å². The molecule has 0 aliphatic carbocycles. The number of rotatable bonds is 9. The van der Waals surface area contributed by atoms with Gasteiger partial charge < -0.3 is 10.1 Å². The normalized spacial score (nSPS) is 10.1. The lowest BCUT2D eigenvalue weighted by molar-refractivity contribution is -0.120. The van der Waals surface area contributed by atoms with Crippen molar-refractivity contribution in [1.29, 1.82) is 0 Å². The van der Waals surface area contributed by atoms with Crippen molar-refractivity contribution in [2.45, 2.75) is 46.0 Å². The summed E-state index contributed by atoms with van der Waals surface area (Å²) in [5.74, 6) is 0.121. The van der Waals surface area contributed by atoms with E-state index in [0.29, 0.717) is 6.42 Å². The summed E-state index contributed by atoms with van der Waals surface area (Å²) < 4.78 is 5.40. The van der Waals surface area contributed by atoms with E-state index in [4.69, 9.17) is 4.74 Å². The highest BCUT2D eigenvalue weighted by Crippen LogP contribution is 1.94. The quantitative estimate of drug-likeness (QED) is 0.580. The van der Waals surface area contributed by atoms with E-state index in [9.17, 15) is 4.79 Å². The number of amides is 1. The second-order valence-corrected chi connectivity index (χ2v) is 3.38. The van der Waals surface area contributed by atoms with Gasteiger partial charge in [0.05, 0.1) is 0 Å². The fourth-order valence-electron chi connectivity index (χ4n) is 1.08. The molecule has 0 aliphatic heterocycles. The van der Waals surface area contributed by atoms with Crippen LogP contribution in [-0.4, -0.2) is 25.7 Å². The van der Waals surface area contributed by atoms with Crippen LogP contribution in [0.5, 0.6) is 0 Å². The molecule has 0 aromatic rings. The van der Waals surface area contributed by atoms with Crippen molar-refractivity contribution in [3.05, 3.63) is 0 Å². The molecule has 0 spiro atoms.